The number of ketones is 1. The Kier molecular flexibility index (Phi) is 3.38. The van der Waals surface area contributed by atoms with Crippen molar-refractivity contribution in [2.45, 2.75) is 45.3 Å². The van der Waals surface area contributed by atoms with Crippen molar-refractivity contribution in [2.75, 3.05) is 0 Å². The van der Waals surface area contributed by atoms with E-state index in [1.807, 2.05) is 0 Å². The minimum Gasteiger partial charge on any atom is -0.461 e. The number of carbonyl (C=O) groups excluding carboxylic acids is 3. The molecule has 3 fully saturated rings. The van der Waals surface area contributed by atoms with Crippen LogP contribution in [0.25, 0.3) is 0 Å². The molecule has 0 aromatic rings. The van der Waals surface area contributed by atoms with Gasteiger partial charge in [0.05, 0.1) is 11.8 Å². The fourth-order valence-electron chi connectivity index (χ4n) is 4.31. The van der Waals surface area contributed by atoms with E-state index < -0.39 is 18.0 Å². The summed E-state index contributed by atoms with van der Waals surface area (Å²) in [6.07, 6.45) is 1.10. The third-order valence-electron chi connectivity index (χ3n) is 5.23. The second-order valence-electron chi connectivity index (χ2n) is 6.48. The standard InChI is InChI=1S/C16H20O5/c1-7-6-12-13(8(2)16(19)21-12)15(20-9(3)17)14-10(7)4-5-11(14)18/h7,10,12-15H,2,4-6H2,1,3H3. The summed E-state index contributed by atoms with van der Waals surface area (Å²) in [5.41, 5.74) is 0.332. The van der Waals surface area contributed by atoms with E-state index >= 15 is 0 Å². The lowest BCUT2D eigenvalue weighted by Gasteiger charge is -2.30. The highest BCUT2D eigenvalue weighted by atomic mass is 16.6. The second-order valence-corrected chi connectivity index (χ2v) is 6.48. The zero-order valence-corrected chi connectivity index (χ0v) is 12.3. The molecular formula is C16H20O5. The van der Waals surface area contributed by atoms with Crippen molar-refractivity contribution in [3.8, 4) is 0 Å². The average Bonchev–Trinajstić information content (AvgIpc) is 2.86. The summed E-state index contributed by atoms with van der Waals surface area (Å²) < 4.78 is 10.9. The van der Waals surface area contributed by atoms with Gasteiger partial charge in [0.15, 0.2) is 0 Å². The maximum Gasteiger partial charge on any atom is 0.334 e. The van der Waals surface area contributed by atoms with E-state index in [1.165, 1.54) is 6.92 Å². The predicted molar refractivity (Wildman–Crippen MR) is 73.1 cm³/mol. The molecule has 2 aliphatic carbocycles. The average molecular weight is 292 g/mol. The summed E-state index contributed by atoms with van der Waals surface area (Å²) in [4.78, 5) is 35.6. The summed E-state index contributed by atoms with van der Waals surface area (Å²) in [6, 6.07) is 0. The molecule has 0 aromatic heterocycles. The van der Waals surface area contributed by atoms with E-state index in [1.54, 1.807) is 0 Å². The van der Waals surface area contributed by atoms with Crippen LogP contribution in [-0.4, -0.2) is 29.9 Å². The molecule has 0 aromatic carbocycles. The highest BCUT2D eigenvalue weighted by Crippen LogP contribution is 2.49. The molecule has 1 heterocycles. The molecule has 0 spiro atoms. The Bertz CT molecular complexity index is 523. The molecule has 0 bridgehead atoms. The predicted octanol–water partition coefficient (Wildman–Crippen LogP) is 1.65. The third kappa shape index (κ3) is 2.19. The van der Waals surface area contributed by atoms with Gasteiger partial charge in [-0.15, -0.1) is 0 Å². The van der Waals surface area contributed by atoms with Crippen LogP contribution in [0.1, 0.15) is 33.1 Å². The molecule has 5 nitrogen and oxygen atoms in total. The number of ether oxygens (including phenoxy) is 2. The first kappa shape index (κ1) is 14.3. The van der Waals surface area contributed by atoms with Gasteiger partial charge in [-0.25, -0.2) is 4.79 Å². The SMILES string of the molecule is C=C1C(=O)OC2CC(C)C3CCC(=O)C3C(OC(C)=O)C12. The molecule has 1 saturated heterocycles. The summed E-state index contributed by atoms with van der Waals surface area (Å²) in [5, 5.41) is 0. The Hall–Kier alpha value is -1.65. The van der Waals surface area contributed by atoms with E-state index in [0.29, 0.717) is 18.4 Å². The molecule has 114 valence electrons. The largest absolute Gasteiger partial charge is 0.461 e. The van der Waals surface area contributed by atoms with Crippen LogP contribution in [0.15, 0.2) is 12.2 Å². The third-order valence-corrected chi connectivity index (χ3v) is 5.23. The summed E-state index contributed by atoms with van der Waals surface area (Å²) in [7, 11) is 0. The van der Waals surface area contributed by atoms with Crippen LogP contribution in [0.3, 0.4) is 0 Å². The number of rotatable bonds is 1. The Morgan fingerprint density at radius 2 is 2.05 bits per heavy atom. The zero-order valence-electron chi connectivity index (χ0n) is 12.3. The van der Waals surface area contributed by atoms with Gasteiger partial charge >= 0.3 is 11.9 Å². The fraction of sp³-hybridized carbons (Fsp3) is 0.688. The Labute approximate surface area is 123 Å². The Morgan fingerprint density at radius 1 is 1.33 bits per heavy atom. The number of esters is 2. The molecule has 0 N–H and O–H groups in total. The lowest BCUT2D eigenvalue weighted by Crippen LogP contribution is -2.40. The lowest BCUT2D eigenvalue weighted by molar-refractivity contribution is -0.155. The first-order valence-electron chi connectivity index (χ1n) is 7.50. The smallest absolute Gasteiger partial charge is 0.334 e. The maximum atomic E-state index is 12.3. The van der Waals surface area contributed by atoms with Crippen molar-refractivity contribution in [3.63, 3.8) is 0 Å². The van der Waals surface area contributed by atoms with Gasteiger partial charge in [-0.05, 0) is 24.7 Å². The van der Waals surface area contributed by atoms with Crippen molar-refractivity contribution >= 4 is 17.7 Å². The van der Waals surface area contributed by atoms with Crippen molar-refractivity contribution in [1.82, 2.24) is 0 Å². The normalized spacial score (nSPS) is 42.1. The van der Waals surface area contributed by atoms with Crippen molar-refractivity contribution in [3.05, 3.63) is 12.2 Å². The quantitative estimate of drug-likeness (QED) is 0.543. The van der Waals surface area contributed by atoms with Gasteiger partial charge in [0, 0.05) is 18.9 Å². The second kappa shape index (κ2) is 4.97. The van der Waals surface area contributed by atoms with Crippen molar-refractivity contribution < 1.29 is 23.9 Å². The van der Waals surface area contributed by atoms with E-state index in [2.05, 4.69) is 13.5 Å². The van der Waals surface area contributed by atoms with Gasteiger partial charge in [0.2, 0.25) is 0 Å². The molecule has 2 saturated carbocycles. The molecule has 21 heavy (non-hydrogen) atoms. The monoisotopic (exact) mass is 292 g/mol. The van der Waals surface area contributed by atoms with Gasteiger partial charge in [0.1, 0.15) is 18.0 Å². The highest BCUT2D eigenvalue weighted by molar-refractivity contribution is 5.92. The Morgan fingerprint density at radius 3 is 2.71 bits per heavy atom. The molecule has 3 aliphatic rings. The lowest BCUT2D eigenvalue weighted by atomic mass is 9.80. The highest BCUT2D eigenvalue weighted by Gasteiger charge is 2.56. The number of Topliss-reactive ketones (excluding diaryl/α,β-unsaturated/α-hetero) is 1. The van der Waals surface area contributed by atoms with E-state index in [4.69, 9.17) is 9.47 Å². The van der Waals surface area contributed by atoms with Crippen LogP contribution >= 0.6 is 0 Å². The van der Waals surface area contributed by atoms with Crippen LogP contribution in [0, 0.1) is 23.7 Å². The number of carbonyl (C=O) groups is 3. The van der Waals surface area contributed by atoms with Crippen LogP contribution < -0.4 is 0 Å². The summed E-state index contributed by atoms with van der Waals surface area (Å²) in [6.45, 7) is 7.22. The van der Waals surface area contributed by atoms with Crippen LogP contribution in [0.5, 0.6) is 0 Å². The molecule has 6 atom stereocenters. The van der Waals surface area contributed by atoms with Gasteiger partial charge < -0.3 is 9.47 Å². The van der Waals surface area contributed by atoms with Crippen LogP contribution in [0.4, 0.5) is 0 Å². The number of hydrogen-bond donors (Lipinski definition) is 0. The molecule has 6 unspecified atom stereocenters. The maximum absolute atomic E-state index is 12.3. The molecule has 0 amide bonds. The van der Waals surface area contributed by atoms with Crippen LogP contribution in [-0.2, 0) is 23.9 Å². The van der Waals surface area contributed by atoms with E-state index in [-0.39, 0.29) is 35.6 Å². The Balaban J connectivity index is 2.03. The fourth-order valence-corrected chi connectivity index (χ4v) is 4.31. The molecule has 3 rings (SSSR count). The zero-order chi connectivity index (χ0) is 15.3. The van der Waals surface area contributed by atoms with Crippen molar-refractivity contribution in [2.24, 2.45) is 23.7 Å². The first-order valence-corrected chi connectivity index (χ1v) is 7.50. The molecule has 1 aliphatic heterocycles. The molecule has 0 radical (unpaired) electrons. The van der Waals surface area contributed by atoms with E-state index in [9.17, 15) is 14.4 Å². The first-order chi connectivity index (χ1) is 9.90. The topological polar surface area (TPSA) is 69.7 Å². The number of hydrogen-bond acceptors (Lipinski definition) is 5. The van der Waals surface area contributed by atoms with Gasteiger partial charge in [-0.1, -0.05) is 13.5 Å². The minimum absolute atomic E-state index is 0.130. The minimum atomic E-state index is -0.614. The van der Waals surface area contributed by atoms with Crippen LogP contribution in [0.2, 0.25) is 0 Å². The van der Waals surface area contributed by atoms with Crippen molar-refractivity contribution in [1.29, 1.82) is 0 Å². The van der Waals surface area contributed by atoms with E-state index in [0.717, 1.165) is 6.42 Å². The van der Waals surface area contributed by atoms with Gasteiger partial charge in [0.25, 0.3) is 0 Å². The van der Waals surface area contributed by atoms with Gasteiger partial charge in [-0.3, -0.25) is 9.59 Å². The summed E-state index contributed by atoms with van der Waals surface area (Å²) >= 11 is 0. The number of fused-ring (bicyclic) bond motifs is 2. The molecular weight excluding hydrogens is 272 g/mol. The molecule has 5 heteroatoms. The summed E-state index contributed by atoms with van der Waals surface area (Å²) in [5.74, 6) is -0.999. The van der Waals surface area contributed by atoms with Gasteiger partial charge in [-0.2, -0.15) is 0 Å².